The summed E-state index contributed by atoms with van der Waals surface area (Å²) in [4.78, 5) is 4.13. The Morgan fingerprint density at radius 1 is 1.47 bits per heavy atom. The smallest absolute Gasteiger partial charge is 0.0701 e. The SMILES string of the molecule is CC(c1ccc(Br)s1)N1C[C@@H]2CCCN[C@@H]2C1. The molecule has 0 aliphatic carbocycles. The third-order valence-corrected chi connectivity index (χ3v) is 5.97. The van der Waals surface area contributed by atoms with Crippen LogP contribution in [-0.2, 0) is 0 Å². The Bertz CT molecular complexity index is 379. The Morgan fingerprint density at radius 3 is 3.06 bits per heavy atom. The fourth-order valence-electron chi connectivity index (χ4n) is 3.13. The number of fused-ring (bicyclic) bond motifs is 1. The number of nitrogens with one attached hydrogen (secondary N) is 1. The molecule has 1 unspecified atom stereocenters. The van der Waals surface area contributed by atoms with E-state index >= 15 is 0 Å². The summed E-state index contributed by atoms with van der Waals surface area (Å²) in [7, 11) is 0. The maximum atomic E-state index is 3.68. The quantitative estimate of drug-likeness (QED) is 0.901. The average molecular weight is 315 g/mol. The number of thiophene rings is 1. The number of nitrogens with zero attached hydrogens (tertiary/aromatic N) is 1. The molecule has 0 radical (unpaired) electrons. The molecule has 1 aromatic heterocycles. The lowest BCUT2D eigenvalue weighted by Gasteiger charge is -2.25. The van der Waals surface area contributed by atoms with Crippen LogP contribution in [0.15, 0.2) is 15.9 Å². The first-order chi connectivity index (χ1) is 8.24. The largest absolute Gasteiger partial charge is 0.312 e. The minimum absolute atomic E-state index is 0.568. The lowest BCUT2D eigenvalue weighted by Crippen LogP contribution is -2.40. The van der Waals surface area contributed by atoms with E-state index in [2.05, 4.69) is 45.2 Å². The van der Waals surface area contributed by atoms with Gasteiger partial charge in [0.25, 0.3) is 0 Å². The van der Waals surface area contributed by atoms with Crippen molar-refractivity contribution in [1.82, 2.24) is 10.2 Å². The highest BCUT2D eigenvalue weighted by atomic mass is 79.9. The van der Waals surface area contributed by atoms with Gasteiger partial charge in [-0.1, -0.05) is 0 Å². The number of likely N-dealkylation sites (tertiary alicyclic amines) is 1. The summed E-state index contributed by atoms with van der Waals surface area (Å²) in [6, 6.07) is 5.74. The van der Waals surface area contributed by atoms with Crippen molar-refractivity contribution in [3.05, 3.63) is 20.8 Å². The van der Waals surface area contributed by atoms with Crippen molar-refractivity contribution in [2.75, 3.05) is 19.6 Å². The van der Waals surface area contributed by atoms with Gasteiger partial charge in [-0.3, -0.25) is 4.90 Å². The second-order valence-corrected chi connectivity index (χ2v) is 7.73. The molecule has 2 aliphatic heterocycles. The van der Waals surface area contributed by atoms with Gasteiger partial charge in [-0.25, -0.2) is 0 Å². The standard InChI is InChI=1S/C13H19BrN2S/c1-9(12-4-5-13(14)17-12)16-7-10-3-2-6-15-11(10)8-16/h4-5,9-11,15H,2-3,6-8H2,1H3/t9?,10-,11+/m0/s1. The Balaban J connectivity index is 1.69. The molecule has 1 N–H and O–H groups in total. The van der Waals surface area contributed by atoms with Crippen LogP contribution in [0.25, 0.3) is 0 Å². The maximum absolute atomic E-state index is 3.68. The Kier molecular flexibility index (Phi) is 3.57. The fraction of sp³-hybridized carbons (Fsp3) is 0.692. The Hall–Kier alpha value is 0.1000. The van der Waals surface area contributed by atoms with Gasteiger partial charge in [-0.2, -0.15) is 0 Å². The number of halogens is 1. The summed E-state index contributed by atoms with van der Waals surface area (Å²) in [6.07, 6.45) is 2.77. The first-order valence-electron chi connectivity index (χ1n) is 6.46. The molecule has 17 heavy (non-hydrogen) atoms. The molecule has 0 bridgehead atoms. The van der Waals surface area contributed by atoms with Crippen LogP contribution < -0.4 is 5.32 Å². The zero-order valence-electron chi connectivity index (χ0n) is 10.2. The molecular weight excluding hydrogens is 296 g/mol. The summed E-state index contributed by atoms with van der Waals surface area (Å²) in [6.45, 7) is 6.05. The third kappa shape index (κ3) is 2.46. The summed E-state index contributed by atoms with van der Waals surface area (Å²) in [5.74, 6) is 0.884. The molecule has 2 nitrogen and oxygen atoms in total. The topological polar surface area (TPSA) is 15.3 Å². The van der Waals surface area contributed by atoms with Crippen molar-refractivity contribution in [1.29, 1.82) is 0 Å². The van der Waals surface area contributed by atoms with Gasteiger partial charge in [0.1, 0.15) is 0 Å². The number of hydrogen-bond acceptors (Lipinski definition) is 3. The highest BCUT2D eigenvalue weighted by Crippen LogP contribution is 2.35. The molecule has 2 fully saturated rings. The van der Waals surface area contributed by atoms with E-state index in [4.69, 9.17) is 0 Å². The van der Waals surface area contributed by atoms with Gasteiger partial charge in [0.15, 0.2) is 0 Å². The minimum atomic E-state index is 0.568. The molecule has 0 spiro atoms. The first kappa shape index (κ1) is 12.2. The first-order valence-corrected chi connectivity index (χ1v) is 8.07. The molecule has 1 aromatic rings. The van der Waals surface area contributed by atoms with Crippen molar-refractivity contribution < 1.29 is 0 Å². The molecule has 2 aliphatic rings. The van der Waals surface area contributed by atoms with Crippen LogP contribution in [0.1, 0.15) is 30.7 Å². The predicted molar refractivity (Wildman–Crippen MR) is 76.5 cm³/mol. The third-order valence-electron chi connectivity index (χ3n) is 4.18. The lowest BCUT2D eigenvalue weighted by molar-refractivity contribution is 0.254. The summed E-state index contributed by atoms with van der Waals surface area (Å²) < 4.78 is 1.24. The highest BCUT2D eigenvalue weighted by Gasteiger charge is 2.36. The molecule has 0 saturated carbocycles. The van der Waals surface area contributed by atoms with Gasteiger partial charge in [0.05, 0.1) is 3.79 Å². The van der Waals surface area contributed by atoms with Gasteiger partial charge < -0.3 is 5.32 Å². The molecule has 2 saturated heterocycles. The molecular formula is C13H19BrN2S. The van der Waals surface area contributed by atoms with Crippen LogP contribution in [0, 0.1) is 5.92 Å². The zero-order chi connectivity index (χ0) is 11.8. The predicted octanol–water partition coefficient (Wildman–Crippen LogP) is 3.26. The molecule has 0 amide bonds. The van der Waals surface area contributed by atoms with Crippen LogP contribution in [0.4, 0.5) is 0 Å². The zero-order valence-corrected chi connectivity index (χ0v) is 12.6. The Morgan fingerprint density at radius 2 is 2.35 bits per heavy atom. The van der Waals surface area contributed by atoms with Gasteiger partial charge in [0.2, 0.25) is 0 Å². The van der Waals surface area contributed by atoms with E-state index in [1.165, 1.54) is 41.1 Å². The molecule has 3 rings (SSSR count). The van der Waals surface area contributed by atoms with Gasteiger partial charge in [0, 0.05) is 30.1 Å². The van der Waals surface area contributed by atoms with Crippen molar-refractivity contribution in [2.24, 2.45) is 5.92 Å². The van der Waals surface area contributed by atoms with Crippen LogP contribution in [0.3, 0.4) is 0 Å². The monoisotopic (exact) mass is 314 g/mol. The van der Waals surface area contributed by atoms with Gasteiger partial charge >= 0.3 is 0 Å². The van der Waals surface area contributed by atoms with Crippen molar-refractivity contribution in [3.63, 3.8) is 0 Å². The van der Waals surface area contributed by atoms with Gasteiger partial charge in [-0.05, 0) is 60.3 Å². The van der Waals surface area contributed by atoms with E-state index in [0.29, 0.717) is 6.04 Å². The normalized spacial score (nSPS) is 31.4. The molecule has 0 aromatic carbocycles. The van der Waals surface area contributed by atoms with E-state index in [-0.39, 0.29) is 0 Å². The van der Waals surface area contributed by atoms with E-state index in [9.17, 15) is 0 Å². The van der Waals surface area contributed by atoms with E-state index < -0.39 is 0 Å². The van der Waals surface area contributed by atoms with Crippen molar-refractivity contribution >= 4 is 27.3 Å². The lowest BCUT2D eigenvalue weighted by atomic mass is 9.94. The molecule has 4 heteroatoms. The number of hydrogen-bond donors (Lipinski definition) is 1. The maximum Gasteiger partial charge on any atom is 0.0701 e. The van der Waals surface area contributed by atoms with E-state index in [1.54, 1.807) is 0 Å². The van der Waals surface area contributed by atoms with Crippen LogP contribution >= 0.6 is 27.3 Å². The van der Waals surface area contributed by atoms with Crippen molar-refractivity contribution in [3.8, 4) is 0 Å². The van der Waals surface area contributed by atoms with Crippen LogP contribution in [0.5, 0.6) is 0 Å². The second kappa shape index (κ2) is 5.00. The summed E-state index contributed by atoms with van der Waals surface area (Å²) >= 11 is 5.43. The number of piperidine rings is 1. The van der Waals surface area contributed by atoms with Crippen molar-refractivity contribution in [2.45, 2.75) is 31.8 Å². The van der Waals surface area contributed by atoms with E-state index in [1.807, 2.05) is 11.3 Å². The molecule has 3 heterocycles. The van der Waals surface area contributed by atoms with Gasteiger partial charge in [-0.15, -0.1) is 11.3 Å². The minimum Gasteiger partial charge on any atom is -0.312 e. The summed E-state index contributed by atoms with van der Waals surface area (Å²) in [5.41, 5.74) is 0. The van der Waals surface area contributed by atoms with Crippen LogP contribution in [0.2, 0.25) is 0 Å². The Labute approximate surface area is 116 Å². The highest BCUT2D eigenvalue weighted by molar-refractivity contribution is 9.11. The second-order valence-electron chi connectivity index (χ2n) is 5.23. The summed E-state index contributed by atoms with van der Waals surface area (Å²) in [5, 5.41) is 3.68. The average Bonchev–Trinajstić information content (AvgIpc) is 2.93. The van der Waals surface area contributed by atoms with E-state index in [0.717, 1.165) is 12.0 Å². The number of rotatable bonds is 2. The molecule has 3 atom stereocenters. The fourth-order valence-corrected chi connectivity index (χ4v) is 4.64. The van der Waals surface area contributed by atoms with Crippen LogP contribution in [-0.4, -0.2) is 30.6 Å². The molecule has 94 valence electrons.